The van der Waals surface area contributed by atoms with Crippen molar-refractivity contribution < 1.29 is 4.79 Å². The lowest BCUT2D eigenvalue weighted by molar-refractivity contribution is -0.134. The van der Waals surface area contributed by atoms with E-state index in [9.17, 15) is 4.79 Å². The maximum atomic E-state index is 12.0. The van der Waals surface area contributed by atoms with Gasteiger partial charge in [-0.1, -0.05) is 13.8 Å². The highest BCUT2D eigenvalue weighted by Crippen LogP contribution is 2.24. The SMILES string of the molecule is CCc1cnc(N2CCN(C(=O)C(C)CN)CC2)s1. The molecule has 0 aliphatic carbocycles. The number of carbonyl (C=O) groups is 1. The van der Waals surface area contributed by atoms with E-state index in [0.717, 1.165) is 37.7 Å². The predicted molar refractivity (Wildman–Crippen MR) is 78.5 cm³/mol. The highest BCUT2D eigenvalue weighted by atomic mass is 32.1. The van der Waals surface area contributed by atoms with E-state index >= 15 is 0 Å². The topological polar surface area (TPSA) is 62.5 Å². The van der Waals surface area contributed by atoms with Gasteiger partial charge in [-0.05, 0) is 6.42 Å². The summed E-state index contributed by atoms with van der Waals surface area (Å²) in [5.41, 5.74) is 5.55. The van der Waals surface area contributed by atoms with Crippen LogP contribution in [0.5, 0.6) is 0 Å². The number of thiazole rings is 1. The molecule has 0 radical (unpaired) electrons. The molecule has 1 unspecified atom stereocenters. The first-order chi connectivity index (χ1) is 9.15. The zero-order valence-electron chi connectivity index (χ0n) is 11.6. The number of carbonyl (C=O) groups excluding carboxylic acids is 1. The number of rotatable bonds is 4. The lowest BCUT2D eigenvalue weighted by atomic mass is 10.1. The second-order valence-corrected chi connectivity index (χ2v) is 6.01. The van der Waals surface area contributed by atoms with Gasteiger partial charge in [-0.3, -0.25) is 4.79 Å². The number of amides is 1. The Bertz CT molecular complexity index is 426. The summed E-state index contributed by atoms with van der Waals surface area (Å²) in [4.78, 5) is 22.0. The number of anilines is 1. The summed E-state index contributed by atoms with van der Waals surface area (Å²) in [7, 11) is 0. The first-order valence-corrected chi connectivity index (χ1v) is 7.65. The Morgan fingerprint density at radius 3 is 2.68 bits per heavy atom. The average molecular weight is 282 g/mol. The number of nitrogens with two attached hydrogens (primary N) is 1. The molecule has 1 aromatic rings. The Labute approximate surface area is 118 Å². The van der Waals surface area contributed by atoms with Gasteiger partial charge in [-0.15, -0.1) is 11.3 Å². The summed E-state index contributed by atoms with van der Waals surface area (Å²) in [6, 6.07) is 0. The van der Waals surface area contributed by atoms with Crippen LogP contribution in [0, 0.1) is 5.92 Å². The van der Waals surface area contributed by atoms with Gasteiger partial charge >= 0.3 is 0 Å². The molecule has 0 aromatic carbocycles. The van der Waals surface area contributed by atoms with Crippen molar-refractivity contribution in [2.45, 2.75) is 20.3 Å². The number of aryl methyl sites for hydroxylation is 1. The first kappa shape index (κ1) is 14.3. The number of aromatic nitrogens is 1. The largest absolute Gasteiger partial charge is 0.345 e. The molecule has 0 bridgehead atoms. The monoisotopic (exact) mass is 282 g/mol. The molecule has 0 saturated carbocycles. The highest BCUT2D eigenvalue weighted by molar-refractivity contribution is 7.15. The van der Waals surface area contributed by atoms with E-state index in [1.54, 1.807) is 11.3 Å². The van der Waals surface area contributed by atoms with Crippen molar-refractivity contribution in [3.8, 4) is 0 Å². The van der Waals surface area contributed by atoms with Gasteiger partial charge in [-0.2, -0.15) is 0 Å². The van der Waals surface area contributed by atoms with Gasteiger partial charge in [0.25, 0.3) is 0 Å². The van der Waals surface area contributed by atoms with Crippen LogP contribution < -0.4 is 10.6 Å². The second kappa shape index (κ2) is 6.34. The summed E-state index contributed by atoms with van der Waals surface area (Å²) in [6.45, 7) is 7.71. The third kappa shape index (κ3) is 3.25. The van der Waals surface area contributed by atoms with Crippen molar-refractivity contribution in [2.24, 2.45) is 11.7 Å². The van der Waals surface area contributed by atoms with Crippen LogP contribution in [0.3, 0.4) is 0 Å². The molecule has 0 spiro atoms. The molecular formula is C13H22N4OS. The molecule has 1 saturated heterocycles. The Kier molecular flexibility index (Phi) is 4.76. The van der Waals surface area contributed by atoms with Crippen molar-refractivity contribution >= 4 is 22.4 Å². The van der Waals surface area contributed by atoms with E-state index in [-0.39, 0.29) is 11.8 Å². The van der Waals surface area contributed by atoms with Gasteiger partial charge in [0.15, 0.2) is 5.13 Å². The van der Waals surface area contributed by atoms with Crippen molar-refractivity contribution in [3.05, 3.63) is 11.1 Å². The zero-order valence-corrected chi connectivity index (χ0v) is 12.4. The van der Waals surface area contributed by atoms with Crippen molar-refractivity contribution in [3.63, 3.8) is 0 Å². The standard InChI is InChI=1S/C13H22N4OS/c1-3-11-9-15-13(19-11)17-6-4-16(5-7-17)12(18)10(2)8-14/h9-10H,3-8,14H2,1-2H3. The molecule has 2 rings (SSSR count). The van der Waals surface area contributed by atoms with Crippen LogP contribution in [0.25, 0.3) is 0 Å². The molecule has 2 N–H and O–H groups in total. The van der Waals surface area contributed by atoms with Crippen LogP contribution in [0.2, 0.25) is 0 Å². The van der Waals surface area contributed by atoms with Gasteiger partial charge in [0, 0.05) is 49.7 Å². The number of hydrogen-bond acceptors (Lipinski definition) is 5. The molecule has 1 atom stereocenters. The van der Waals surface area contributed by atoms with Crippen molar-refractivity contribution in [1.29, 1.82) is 0 Å². The molecule has 2 heterocycles. The Balaban J connectivity index is 1.90. The number of hydrogen-bond donors (Lipinski definition) is 1. The normalized spacial score (nSPS) is 17.6. The molecule has 5 nitrogen and oxygen atoms in total. The molecule has 1 fully saturated rings. The van der Waals surface area contributed by atoms with Crippen LogP contribution in [-0.2, 0) is 11.2 Å². The molecular weight excluding hydrogens is 260 g/mol. The van der Waals surface area contributed by atoms with E-state index in [4.69, 9.17) is 5.73 Å². The van der Waals surface area contributed by atoms with Gasteiger partial charge < -0.3 is 15.5 Å². The molecule has 19 heavy (non-hydrogen) atoms. The summed E-state index contributed by atoms with van der Waals surface area (Å²) >= 11 is 1.75. The van der Waals surface area contributed by atoms with Gasteiger partial charge in [0.05, 0.1) is 0 Å². The van der Waals surface area contributed by atoms with Crippen LogP contribution in [-0.4, -0.2) is 48.5 Å². The second-order valence-electron chi connectivity index (χ2n) is 4.91. The van der Waals surface area contributed by atoms with E-state index in [1.165, 1.54) is 4.88 Å². The zero-order chi connectivity index (χ0) is 13.8. The fourth-order valence-corrected chi connectivity index (χ4v) is 3.04. The summed E-state index contributed by atoms with van der Waals surface area (Å²) in [6.07, 6.45) is 2.98. The predicted octanol–water partition coefficient (Wildman–Crippen LogP) is 0.949. The van der Waals surface area contributed by atoms with E-state index in [1.807, 2.05) is 18.0 Å². The quantitative estimate of drug-likeness (QED) is 0.893. The summed E-state index contributed by atoms with van der Waals surface area (Å²) < 4.78 is 0. The lowest BCUT2D eigenvalue weighted by Gasteiger charge is -2.35. The van der Waals surface area contributed by atoms with Crippen molar-refractivity contribution in [1.82, 2.24) is 9.88 Å². The minimum absolute atomic E-state index is 0.0712. The fraction of sp³-hybridized carbons (Fsp3) is 0.692. The Hall–Kier alpha value is -1.14. The minimum Gasteiger partial charge on any atom is -0.345 e. The minimum atomic E-state index is -0.0712. The van der Waals surface area contributed by atoms with Gasteiger partial charge in [0.2, 0.25) is 5.91 Å². The van der Waals surface area contributed by atoms with Gasteiger partial charge in [-0.25, -0.2) is 4.98 Å². The van der Waals surface area contributed by atoms with Crippen molar-refractivity contribution in [2.75, 3.05) is 37.6 Å². The fourth-order valence-electron chi connectivity index (χ4n) is 2.14. The first-order valence-electron chi connectivity index (χ1n) is 6.84. The van der Waals surface area contributed by atoms with E-state index in [0.29, 0.717) is 6.54 Å². The van der Waals surface area contributed by atoms with Crippen LogP contribution in [0.4, 0.5) is 5.13 Å². The Morgan fingerprint density at radius 1 is 1.47 bits per heavy atom. The van der Waals surface area contributed by atoms with Gasteiger partial charge in [0.1, 0.15) is 0 Å². The van der Waals surface area contributed by atoms with E-state index in [2.05, 4.69) is 16.8 Å². The summed E-state index contributed by atoms with van der Waals surface area (Å²) in [5.74, 6) is 0.105. The lowest BCUT2D eigenvalue weighted by Crippen LogP contribution is -2.50. The molecule has 106 valence electrons. The smallest absolute Gasteiger partial charge is 0.226 e. The maximum absolute atomic E-state index is 12.0. The van der Waals surface area contributed by atoms with Crippen LogP contribution in [0.15, 0.2) is 6.20 Å². The number of nitrogens with zero attached hydrogens (tertiary/aromatic N) is 3. The van der Waals surface area contributed by atoms with E-state index < -0.39 is 0 Å². The third-order valence-corrected chi connectivity index (χ3v) is 4.73. The molecule has 1 aromatic heterocycles. The molecule has 1 aliphatic rings. The maximum Gasteiger partial charge on any atom is 0.226 e. The number of piperazine rings is 1. The molecule has 1 aliphatic heterocycles. The molecule has 1 amide bonds. The third-order valence-electron chi connectivity index (χ3n) is 3.53. The summed E-state index contributed by atoms with van der Waals surface area (Å²) in [5, 5.41) is 1.08. The Morgan fingerprint density at radius 2 is 2.16 bits per heavy atom. The van der Waals surface area contributed by atoms with Crippen LogP contribution >= 0.6 is 11.3 Å². The highest BCUT2D eigenvalue weighted by Gasteiger charge is 2.25. The van der Waals surface area contributed by atoms with Crippen LogP contribution in [0.1, 0.15) is 18.7 Å². The molecule has 6 heteroatoms. The average Bonchev–Trinajstić information content (AvgIpc) is 2.94.